The van der Waals surface area contributed by atoms with Crippen molar-refractivity contribution in [2.45, 2.75) is 189 Å². The van der Waals surface area contributed by atoms with E-state index in [1.165, 1.54) is 45.8 Å². The number of hydrogen-bond donors (Lipinski definition) is 21. The van der Waals surface area contributed by atoms with Crippen LogP contribution in [0.5, 0.6) is 0 Å². The van der Waals surface area contributed by atoms with Crippen molar-refractivity contribution in [1.82, 2.24) is 98.9 Å². The summed E-state index contributed by atoms with van der Waals surface area (Å²) < 4.78 is 0. The van der Waals surface area contributed by atoms with Gasteiger partial charge in [0.2, 0.25) is 100 Å². The molecule has 4 aliphatic rings. The molecule has 47 heteroatoms. The Bertz CT molecular complexity index is 3710. The summed E-state index contributed by atoms with van der Waals surface area (Å²) in [6.45, 7) is 4.33. The standard InChI is InChI=1S/C65H98N22O21S4/c1-29(2)14-35-54(97)82-41(51(68)94)23-109-111-26-44-60(103)80-39(21-88)56(99)79-38(16-33-20-70-28-72-33)65(108)86-12-6-8-45(86)61(104)73-31(5)52(95)83-43(25-112-110-24-42(58(101)84-44)74-48(91)18-66)59(102)81-40(22-89)57(100)85-50(30(3)4)63(106)77-36(17-47(67)90)55(98)78-37(15-32-19-69-27-71-32)64(107)87-13-7-9-46(87)62(105)75-34(53(96)76-35)10-11-49(92)93/h19-20,27-31,34-46,50,88-89H,6-18,21-26,66H2,1-5H3,(H2,67,90)(H2,68,94)(H,69,71)(H,70,72)(H,73,104)(H,74,91)(H,75,105)(H,76,96)(H,77,106)(H,78,98)(H,79,99)(H,80,103)(H,81,102)(H,82,97)(H,83,95)(H,84,101)(H,85,100)(H,92,93)/t31-,34-,35-,36-,37-,38-,39-,40-,41-,42-,43-,44-,45-,46-,50-/m0/s1. The molecule has 2 aromatic rings. The number of aliphatic hydroxyl groups excluding tert-OH is 2. The number of aromatic amines is 2. The third-order valence-electron chi connectivity index (χ3n) is 18.0. The summed E-state index contributed by atoms with van der Waals surface area (Å²) in [7, 11) is 3.18. The number of fused-ring (bicyclic) bond motifs is 10. The Morgan fingerprint density at radius 3 is 1.45 bits per heavy atom. The fourth-order valence-electron chi connectivity index (χ4n) is 12.0. The summed E-state index contributed by atoms with van der Waals surface area (Å²) in [5.41, 5.74) is 17.7. The minimum Gasteiger partial charge on any atom is -0.481 e. The van der Waals surface area contributed by atoms with Crippen LogP contribution >= 0.6 is 43.2 Å². The van der Waals surface area contributed by atoms with Gasteiger partial charge in [0.1, 0.15) is 90.6 Å². The topological polar surface area (TPSA) is 666 Å². The van der Waals surface area contributed by atoms with Gasteiger partial charge in [-0.2, -0.15) is 0 Å². The summed E-state index contributed by atoms with van der Waals surface area (Å²) in [6, 6.07) is -24.7. The number of carbonyl (C=O) groups is 18. The highest BCUT2D eigenvalue weighted by Gasteiger charge is 2.44. The largest absolute Gasteiger partial charge is 0.481 e. The van der Waals surface area contributed by atoms with Gasteiger partial charge >= 0.3 is 5.97 Å². The van der Waals surface area contributed by atoms with E-state index < -0.39 is 265 Å². The minimum absolute atomic E-state index is 0.0434. The molecule has 4 fully saturated rings. The molecule has 15 atom stereocenters. The monoisotopic (exact) mass is 1650 g/mol. The van der Waals surface area contributed by atoms with E-state index >= 15 is 0 Å². The summed E-state index contributed by atoms with van der Waals surface area (Å²) >= 11 is 0. The first-order valence-electron chi connectivity index (χ1n) is 35.8. The number of H-pyrrole nitrogens is 2. The number of aliphatic hydroxyl groups is 2. The zero-order valence-corrected chi connectivity index (χ0v) is 65.2. The normalized spacial score (nSPS) is 28.0. The fourth-order valence-corrected chi connectivity index (χ4v) is 16.7. The Hall–Kier alpha value is -9.84. The minimum atomic E-state index is -1.95. The van der Waals surface area contributed by atoms with Crippen LogP contribution in [0.15, 0.2) is 25.0 Å². The smallest absolute Gasteiger partial charge is 0.303 e. The number of amides is 17. The van der Waals surface area contributed by atoms with Crippen LogP contribution in [0.25, 0.3) is 0 Å². The lowest BCUT2D eigenvalue weighted by Crippen LogP contribution is -2.62. The molecule has 0 aromatic carbocycles. The molecular formula is C65H98N22O21S4. The lowest BCUT2D eigenvalue weighted by Gasteiger charge is -2.31. The van der Waals surface area contributed by atoms with Crippen LogP contribution in [-0.4, -0.2) is 298 Å². The van der Waals surface area contributed by atoms with Gasteiger partial charge in [0.15, 0.2) is 0 Å². The van der Waals surface area contributed by atoms with Gasteiger partial charge in [0.25, 0.3) is 0 Å². The number of aromatic nitrogens is 4. The van der Waals surface area contributed by atoms with E-state index in [0.717, 1.165) is 53.0 Å². The van der Waals surface area contributed by atoms with Gasteiger partial charge in [0.05, 0.1) is 38.8 Å². The molecule has 0 aliphatic carbocycles. The fraction of sp³-hybridized carbons (Fsp3) is 0.631. The molecule has 17 amide bonds. The third-order valence-corrected chi connectivity index (χ3v) is 22.9. The van der Waals surface area contributed by atoms with Crippen LogP contribution in [0.4, 0.5) is 0 Å². The molecule has 43 nitrogen and oxygen atoms in total. The molecule has 6 rings (SSSR count). The Morgan fingerprint density at radius 2 is 0.973 bits per heavy atom. The Labute approximate surface area is 657 Å². The average molecular weight is 1650 g/mol. The van der Waals surface area contributed by atoms with Crippen molar-refractivity contribution < 1.29 is 102 Å². The van der Waals surface area contributed by atoms with E-state index in [4.69, 9.17) is 17.2 Å². The van der Waals surface area contributed by atoms with Gasteiger partial charge in [-0.25, -0.2) is 9.97 Å². The van der Waals surface area contributed by atoms with Crippen molar-refractivity contribution in [3.05, 3.63) is 36.4 Å². The maximum atomic E-state index is 14.9. The Kier molecular flexibility index (Phi) is 36.1. The molecule has 2 bridgehead atoms. The lowest BCUT2D eigenvalue weighted by molar-refractivity contribution is -0.143. The Balaban J connectivity index is 1.45. The second kappa shape index (κ2) is 44.4. The van der Waals surface area contributed by atoms with Crippen LogP contribution in [0.2, 0.25) is 0 Å². The Morgan fingerprint density at radius 1 is 0.527 bits per heavy atom. The number of imidazole rings is 2. The summed E-state index contributed by atoms with van der Waals surface area (Å²) in [6.07, 6.45) is 2.59. The van der Waals surface area contributed by atoms with E-state index in [9.17, 15) is 102 Å². The number of carboxylic acids is 1. The predicted octanol–water partition coefficient (Wildman–Crippen LogP) is -9.12. The van der Waals surface area contributed by atoms with Gasteiger partial charge < -0.3 is 121 Å². The van der Waals surface area contributed by atoms with Crippen LogP contribution < -0.4 is 86.3 Å². The van der Waals surface area contributed by atoms with Crippen molar-refractivity contribution in [1.29, 1.82) is 0 Å². The second-order valence-corrected chi connectivity index (χ2v) is 32.6. The van der Waals surface area contributed by atoms with Crippen molar-refractivity contribution in [2.24, 2.45) is 29.0 Å². The maximum Gasteiger partial charge on any atom is 0.303 e. The quantitative estimate of drug-likeness (QED) is 0.0654. The van der Waals surface area contributed by atoms with E-state index in [2.05, 4.69) is 89.1 Å². The number of carbonyl (C=O) groups excluding carboxylic acids is 17. The number of rotatable bonds is 17. The highest BCUT2D eigenvalue weighted by Crippen LogP contribution is 2.27. The first kappa shape index (κ1) is 91.0. The molecule has 0 unspecified atom stereocenters. The van der Waals surface area contributed by atoms with Gasteiger partial charge in [-0.3, -0.25) is 86.3 Å². The van der Waals surface area contributed by atoms with E-state index in [-0.39, 0.29) is 69.6 Å². The average Bonchev–Trinajstić information content (AvgIpc) is 1.65. The number of nitrogens with two attached hydrogens (primary N) is 3. The first-order valence-corrected chi connectivity index (χ1v) is 40.8. The van der Waals surface area contributed by atoms with Crippen LogP contribution in [0.3, 0.4) is 0 Å². The molecule has 24 N–H and O–H groups in total. The van der Waals surface area contributed by atoms with Gasteiger partial charge in [0, 0.05) is 79.1 Å². The number of hydrogen-bond acceptors (Lipinski definition) is 27. The van der Waals surface area contributed by atoms with Gasteiger partial charge in [-0.15, -0.1) is 0 Å². The van der Waals surface area contributed by atoms with Crippen LogP contribution in [0.1, 0.15) is 97.4 Å². The molecule has 0 radical (unpaired) electrons. The molecule has 0 saturated carbocycles. The number of nitrogens with zero attached hydrogens (tertiary/aromatic N) is 4. The zero-order valence-electron chi connectivity index (χ0n) is 61.9. The predicted molar refractivity (Wildman–Crippen MR) is 402 cm³/mol. The summed E-state index contributed by atoms with van der Waals surface area (Å²) in [5, 5.41) is 63.3. The van der Waals surface area contributed by atoms with E-state index in [1.54, 1.807) is 13.8 Å². The first-order chi connectivity index (χ1) is 53.1. The molecule has 2 aromatic heterocycles. The number of primary amides is 2. The van der Waals surface area contributed by atoms with Crippen LogP contribution in [0, 0.1) is 11.8 Å². The molecule has 4 saturated heterocycles. The molecular weight excluding hydrogens is 1550 g/mol. The highest BCUT2D eigenvalue weighted by atomic mass is 33.1. The number of carboxylic acid groups (broad SMARTS) is 1. The third kappa shape index (κ3) is 27.5. The molecule has 6 heterocycles. The zero-order chi connectivity index (χ0) is 82.6. The molecule has 112 heavy (non-hydrogen) atoms. The molecule has 618 valence electrons. The van der Waals surface area contributed by atoms with Crippen molar-refractivity contribution in [3.8, 4) is 0 Å². The maximum absolute atomic E-state index is 14.9. The number of nitrogens with one attached hydrogen (secondary N) is 15. The van der Waals surface area contributed by atoms with E-state index in [1.807, 2.05) is 0 Å². The van der Waals surface area contributed by atoms with Gasteiger partial charge in [-0.05, 0) is 57.3 Å². The van der Waals surface area contributed by atoms with Crippen LogP contribution in [-0.2, 0) is 99.1 Å². The second-order valence-electron chi connectivity index (χ2n) is 27.5. The summed E-state index contributed by atoms with van der Waals surface area (Å²) in [5.74, 6) is -22.5. The number of aliphatic carboxylic acids is 1. The van der Waals surface area contributed by atoms with Crippen molar-refractivity contribution in [2.75, 3.05) is 55.9 Å². The molecule has 4 aliphatic heterocycles. The van der Waals surface area contributed by atoms with Crippen molar-refractivity contribution >= 4 is 150 Å². The highest BCUT2D eigenvalue weighted by molar-refractivity contribution is 8.77. The summed E-state index contributed by atoms with van der Waals surface area (Å²) in [4.78, 5) is 269. The van der Waals surface area contributed by atoms with E-state index in [0.29, 0.717) is 5.69 Å². The lowest BCUT2D eigenvalue weighted by atomic mass is 10.0. The SMILES string of the molecule is CC(C)C[C@@H]1NC(=O)[C@H](CCC(=O)O)NC(=O)[C@@H]2CCCN2C(=O)[C@H](Cc2cnc[nH]2)NC(=O)[C@H](CC(N)=O)NC(=O)[C@H](C(C)C)NC(=O)[C@H](CO)NC(=O)[C@@H]2CSSC[C@H](NC(=O)CN)C(=O)N[C@@H](CSSC[C@@H](C(N)=O)NC1=O)C(=O)N[C@@H](CO)C(=O)N[C@@H](Cc1cnc[nH]1)C(=O)N1CCC[C@H]1C(=O)N[C@@H](C)C(=O)N2. The molecule has 0 spiro atoms. The van der Waals surface area contributed by atoms with Crippen molar-refractivity contribution in [3.63, 3.8) is 0 Å². The van der Waals surface area contributed by atoms with Gasteiger partial charge in [-0.1, -0.05) is 70.9 Å².